The Labute approximate surface area is 204 Å². The Morgan fingerprint density at radius 1 is 1.09 bits per heavy atom. The molecule has 2 unspecified atom stereocenters. The van der Waals surface area contributed by atoms with Crippen LogP contribution in [0.4, 0.5) is 4.79 Å². The van der Waals surface area contributed by atoms with Crippen molar-refractivity contribution in [1.82, 2.24) is 10.2 Å². The molecule has 194 valence electrons. The van der Waals surface area contributed by atoms with Gasteiger partial charge >= 0.3 is 12.1 Å². The molecule has 0 aromatic carbocycles. The van der Waals surface area contributed by atoms with Gasteiger partial charge in [0.2, 0.25) is 5.91 Å². The molecular weight excluding hydrogens is 436 g/mol. The van der Waals surface area contributed by atoms with E-state index in [1.807, 2.05) is 26.0 Å². The van der Waals surface area contributed by atoms with Gasteiger partial charge in [-0.1, -0.05) is 25.5 Å². The molecule has 5 atom stereocenters. The molecule has 8 heteroatoms. The third-order valence-electron chi connectivity index (χ3n) is 5.63. The molecule has 34 heavy (non-hydrogen) atoms. The second kappa shape index (κ2) is 12.4. The Bertz CT molecular complexity index is 749. The number of hydrogen-bond acceptors (Lipinski definition) is 6. The highest BCUT2D eigenvalue weighted by molar-refractivity contribution is 5.83. The maximum atomic E-state index is 13.4. The lowest BCUT2D eigenvalue weighted by Gasteiger charge is -2.36. The fraction of sp³-hybridized carbons (Fsp3) is 0.769. The average Bonchev–Trinajstić information content (AvgIpc) is 3.02. The highest BCUT2D eigenvalue weighted by Gasteiger charge is 2.49. The normalized spacial score (nSPS) is 22.9. The van der Waals surface area contributed by atoms with Crippen molar-refractivity contribution < 1.29 is 28.7 Å². The number of amides is 2. The summed E-state index contributed by atoms with van der Waals surface area (Å²) < 4.78 is 11.4. The maximum absolute atomic E-state index is 13.4. The van der Waals surface area contributed by atoms with E-state index < -0.39 is 41.4 Å². The Kier molecular flexibility index (Phi) is 10.8. The molecule has 0 spiro atoms. The summed E-state index contributed by atoms with van der Waals surface area (Å²) in [5.74, 6) is -1.09. The summed E-state index contributed by atoms with van der Waals surface area (Å²) in [6.07, 6.45) is 6.38. The van der Waals surface area contributed by atoms with E-state index in [1.165, 1.54) is 11.8 Å². The quantitative estimate of drug-likeness (QED) is 0.298. The van der Waals surface area contributed by atoms with Crippen LogP contribution in [-0.2, 0) is 23.9 Å². The average molecular weight is 481 g/mol. The number of allylic oxidation sites excluding steroid dienone is 1. The van der Waals surface area contributed by atoms with Crippen LogP contribution in [0, 0.1) is 11.8 Å². The van der Waals surface area contributed by atoms with Gasteiger partial charge in [-0.05, 0) is 79.6 Å². The van der Waals surface area contributed by atoms with Crippen LogP contribution >= 0.6 is 0 Å². The highest BCUT2D eigenvalue weighted by Crippen LogP contribution is 2.38. The van der Waals surface area contributed by atoms with Gasteiger partial charge in [0.1, 0.15) is 23.5 Å². The van der Waals surface area contributed by atoms with E-state index in [0.717, 1.165) is 12.7 Å². The molecule has 2 amide bonds. The number of likely N-dealkylation sites (tertiary alicyclic amines) is 1. The number of nitrogens with one attached hydrogen (secondary N) is 1. The standard InChI is InChI=1S/C26H44N2O6/c1-10-12-18(20(16-29)27-17(3)30)14-21-19(13-11-2)15-22(23(31)33-25(4,5)6)28(21)24(32)34-26(7,8)9/h11,13,16,18-22H,10,12,14-15H2,1-9H3,(H,27,30)/t18?,19-,20?,21-,22-/m1/s1. The molecule has 1 N–H and O–H groups in total. The minimum atomic E-state index is -0.807. The number of esters is 1. The van der Waals surface area contributed by atoms with Gasteiger partial charge < -0.3 is 19.6 Å². The van der Waals surface area contributed by atoms with Gasteiger partial charge in [0, 0.05) is 13.0 Å². The van der Waals surface area contributed by atoms with Gasteiger partial charge in [-0.2, -0.15) is 0 Å². The van der Waals surface area contributed by atoms with Gasteiger partial charge in [0.05, 0.1) is 6.04 Å². The van der Waals surface area contributed by atoms with Crippen LogP contribution in [0.5, 0.6) is 0 Å². The van der Waals surface area contributed by atoms with Crippen LogP contribution in [-0.4, -0.2) is 58.5 Å². The molecule has 0 bridgehead atoms. The fourth-order valence-corrected chi connectivity index (χ4v) is 4.49. The largest absolute Gasteiger partial charge is 0.458 e. The Morgan fingerprint density at radius 2 is 1.68 bits per heavy atom. The van der Waals surface area contributed by atoms with E-state index in [4.69, 9.17) is 9.47 Å². The third-order valence-corrected chi connectivity index (χ3v) is 5.63. The summed E-state index contributed by atoms with van der Waals surface area (Å²) in [6.45, 7) is 16.0. The van der Waals surface area contributed by atoms with E-state index in [-0.39, 0.29) is 17.7 Å². The Balaban J connectivity index is 3.45. The summed E-state index contributed by atoms with van der Waals surface area (Å²) in [6, 6.07) is -1.88. The van der Waals surface area contributed by atoms with Crippen molar-refractivity contribution in [3.63, 3.8) is 0 Å². The number of carbonyl (C=O) groups is 4. The summed E-state index contributed by atoms with van der Waals surface area (Å²) in [5.41, 5.74) is -1.45. The maximum Gasteiger partial charge on any atom is 0.411 e. The molecule has 1 rings (SSSR count). The SMILES string of the molecule is CC=C[C@@H]1C[C@H](C(=O)OC(C)(C)C)N(C(=O)OC(C)(C)C)[C@@H]1CC(CCC)C(C=O)NC(C)=O. The molecule has 0 radical (unpaired) electrons. The van der Waals surface area contributed by atoms with E-state index in [0.29, 0.717) is 19.3 Å². The van der Waals surface area contributed by atoms with Crippen molar-refractivity contribution in [2.24, 2.45) is 11.8 Å². The Morgan fingerprint density at radius 3 is 2.12 bits per heavy atom. The molecule has 1 saturated heterocycles. The highest BCUT2D eigenvalue weighted by atomic mass is 16.6. The van der Waals surface area contributed by atoms with Crippen molar-refractivity contribution in [3.8, 4) is 0 Å². The summed E-state index contributed by atoms with van der Waals surface area (Å²) in [5, 5.41) is 2.73. The van der Waals surface area contributed by atoms with Gasteiger partial charge in [-0.25, -0.2) is 9.59 Å². The van der Waals surface area contributed by atoms with Crippen LogP contribution in [0.25, 0.3) is 0 Å². The van der Waals surface area contributed by atoms with Crippen molar-refractivity contribution >= 4 is 24.3 Å². The van der Waals surface area contributed by atoms with Gasteiger partial charge in [0.15, 0.2) is 0 Å². The topological polar surface area (TPSA) is 102 Å². The molecule has 0 aromatic rings. The van der Waals surface area contributed by atoms with Crippen LogP contribution in [0.3, 0.4) is 0 Å². The summed E-state index contributed by atoms with van der Waals surface area (Å²) >= 11 is 0. The molecule has 8 nitrogen and oxygen atoms in total. The monoisotopic (exact) mass is 480 g/mol. The fourth-order valence-electron chi connectivity index (χ4n) is 4.49. The number of rotatable bonds is 9. The second-order valence-electron chi connectivity index (χ2n) is 11.1. The van der Waals surface area contributed by atoms with Crippen molar-refractivity contribution in [3.05, 3.63) is 12.2 Å². The minimum Gasteiger partial charge on any atom is -0.458 e. The van der Waals surface area contributed by atoms with E-state index >= 15 is 0 Å². The number of aldehydes is 1. The first-order valence-corrected chi connectivity index (χ1v) is 12.2. The van der Waals surface area contributed by atoms with Gasteiger partial charge in [-0.15, -0.1) is 0 Å². The van der Waals surface area contributed by atoms with E-state index in [1.54, 1.807) is 41.5 Å². The Hall–Kier alpha value is -2.38. The molecule has 1 aliphatic rings. The summed E-state index contributed by atoms with van der Waals surface area (Å²) in [4.78, 5) is 51.6. The zero-order chi connectivity index (χ0) is 26.3. The lowest BCUT2D eigenvalue weighted by atomic mass is 9.84. The lowest BCUT2D eigenvalue weighted by Crippen LogP contribution is -2.51. The molecule has 0 aliphatic carbocycles. The van der Waals surface area contributed by atoms with Crippen molar-refractivity contribution in [1.29, 1.82) is 0 Å². The van der Waals surface area contributed by atoms with Crippen LogP contribution in [0.2, 0.25) is 0 Å². The first-order chi connectivity index (χ1) is 15.6. The zero-order valence-corrected chi connectivity index (χ0v) is 22.3. The minimum absolute atomic E-state index is 0.126. The third kappa shape index (κ3) is 9.11. The lowest BCUT2D eigenvalue weighted by molar-refractivity contribution is -0.160. The second-order valence-corrected chi connectivity index (χ2v) is 11.1. The van der Waals surface area contributed by atoms with Crippen LogP contribution in [0.1, 0.15) is 88.0 Å². The van der Waals surface area contributed by atoms with E-state index in [9.17, 15) is 19.2 Å². The molecule has 1 fully saturated rings. The molecular formula is C26H44N2O6. The van der Waals surface area contributed by atoms with Crippen LogP contribution in [0.15, 0.2) is 12.2 Å². The molecule has 1 aliphatic heterocycles. The number of carbonyl (C=O) groups excluding carboxylic acids is 4. The van der Waals surface area contributed by atoms with Crippen molar-refractivity contribution in [2.75, 3.05) is 0 Å². The van der Waals surface area contributed by atoms with E-state index in [2.05, 4.69) is 5.32 Å². The van der Waals surface area contributed by atoms with Crippen molar-refractivity contribution in [2.45, 2.75) is 117 Å². The number of hydrogen-bond donors (Lipinski definition) is 1. The molecule has 0 saturated carbocycles. The number of nitrogens with zero attached hydrogens (tertiary/aromatic N) is 1. The number of ether oxygens (including phenoxy) is 2. The van der Waals surface area contributed by atoms with Crippen LogP contribution < -0.4 is 5.32 Å². The predicted octanol–water partition coefficient (Wildman–Crippen LogP) is 4.41. The first kappa shape index (κ1) is 29.7. The summed E-state index contributed by atoms with van der Waals surface area (Å²) in [7, 11) is 0. The van der Waals surface area contributed by atoms with Gasteiger partial charge in [0.25, 0.3) is 0 Å². The molecule has 1 heterocycles. The molecule has 0 aromatic heterocycles. The van der Waals surface area contributed by atoms with Gasteiger partial charge in [-0.3, -0.25) is 9.69 Å². The smallest absolute Gasteiger partial charge is 0.411 e. The first-order valence-electron chi connectivity index (χ1n) is 12.2. The predicted molar refractivity (Wildman–Crippen MR) is 131 cm³/mol. The zero-order valence-electron chi connectivity index (χ0n) is 22.3.